The van der Waals surface area contributed by atoms with Gasteiger partial charge < -0.3 is 19.4 Å². The van der Waals surface area contributed by atoms with Crippen LogP contribution in [0.2, 0.25) is 0 Å². The summed E-state index contributed by atoms with van der Waals surface area (Å²) in [6, 6.07) is 21.8. The van der Waals surface area contributed by atoms with E-state index in [4.69, 9.17) is 14.5 Å². The summed E-state index contributed by atoms with van der Waals surface area (Å²) in [6.07, 6.45) is 3.77. The van der Waals surface area contributed by atoms with Gasteiger partial charge in [0.25, 0.3) is 0 Å². The molecule has 1 N–H and O–H groups in total. The third kappa shape index (κ3) is 6.39. The highest BCUT2D eigenvalue weighted by Gasteiger charge is 2.19. The first-order chi connectivity index (χ1) is 18.0. The number of rotatable bonds is 12. The van der Waals surface area contributed by atoms with Crippen molar-refractivity contribution in [2.75, 3.05) is 13.7 Å². The van der Waals surface area contributed by atoms with Crippen LogP contribution in [0.15, 0.2) is 79.4 Å². The molecule has 0 fully saturated rings. The van der Waals surface area contributed by atoms with Crippen molar-refractivity contribution >= 4 is 16.9 Å². The summed E-state index contributed by atoms with van der Waals surface area (Å²) >= 11 is 0. The lowest BCUT2D eigenvalue weighted by atomic mass is 10.1. The van der Waals surface area contributed by atoms with Crippen LogP contribution in [0.4, 0.5) is 0 Å². The van der Waals surface area contributed by atoms with Gasteiger partial charge in [-0.25, -0.2) is 4.98 Å². The number of aromatic nitrogens is 2. The van der Waals surface area contributed by atoms with Crippen molar-refractivity contribution in [3.05, 3.63) is 102 Å². The maximum Gasteiger partial charge on any atom is 0.225 e. The summed E-state index contributed by atoms with van der Waals surface area (Å²) in [5, 5.41) is 3.14. The number of imidazole rings is 1. The maximum atomic E-state index is 12.8. The highest BCUT2D eigenvalue weighted by molar-refractivity contribution is 5.80. The van der Waals surface area contributed by atoms with Crippen LogP contribution < -0.4 is 14.8 Å². The van der Waals surface area contributed by atoms with Crippen LogP contribution in [0.3, 0.4) is 0 Å². The molecule has 1 unspecified atom stereocenters. The first-order valence-electron chi connectivity index (χ1n) is 12.7. The lowest BCUT2D eigenvalue weighted by molar-refractivity contribution is -0.121. The molecular formula is C31H35N3O3. The SMILES string of the molecule is C=CCc1ccc(OCCCn2c(C(C)NC(=O)Cc3ccccc3C)nc3ccccc32)c(OC)c1. The number of amides is 1. The normalized spacial score (nSPS) is 11.8. The van der Waals surface area contributed by atoms with Gasteiger partial charge in [0.2, 0.25) is 5.91 Å². The van der Waals surface area contributed by atoms with Crippen molar-refractivity contribution in [1.29, 1.82) is 0 Å². The molecule has 6 heteroatoms. The zero-order valence-corrected chi connectivity index (χ0v) is 21.9. The van der Waals surface area contributed by atoms with Crippen molar-refractivity contribution < 1.29 is 14.3 Å². The molecule has 0 bridgehead atoms. The largest absolute Gasteiger partial charge is 0.493 e. The van der Waals surface area contributed by atoms with Crippen LogP contribution in [-0.4, -0.2) is 29.2 Å². The lowest BCUT2D eigenvalue weighted by Crippen LogP contribution is -2.30. The van der Waals surface area contributed by atoms with Crippen LogP contribution in [0, 0.1) is 6.92 Å². The second-order valence-corrected chi connectivity index (χ2v) is 9.18. The summed E-state index contributed by atoms with van der Waals surface area (Å²) in [7, 11) is 1.65. The number of hydrogen-bond acceptors (Lipinski definition) is 4. The number of ether oxygens (including phenoxy) is 2. The lowest BCUT2D eigenvalue weighted by Gasteiger charge is -2.17. The molecule has 0 aliphatic carbocycles. The second kappa shape index (κ2) is 12.3. The Balaban J connectivity index is 1.43. The van der Waals surface area contributed by atoms with Gasteiger partial charge in [0.1, 0.15) is 5.82 Å². The Morgan fingerprint density at radius 1 is 1.11 bits per heavy atom. The maximum absolute atomic E-state index is 12.8. The van der Waals surface area contributed by atoms with E-state index in [1.165, 1.54) is 0 Å². The van der Waals surface area contributed by atoms with Crippen LogP contribution in [-0.2, 0) is 24.2 Å². The van der Waals surface area contributed by atoms with Gasteiger partial charge in [-0.3, -0.25) is 4.79 Å². The predicted octanol–water partition coefficient (Wildman–Crippen LogP) is 5.97. The Bertz CT molecular complexity index is 1380. The summed E-state index contributed by atoms with van der Waals surface area (Å²) in [6.45, 7) is 9.05. The van der Waals surface area contributed by atoms with Crippen molar-refractivity contribution in [2.45, 2.75) is 45.7 Å². The molecule has 0 radical (unpaired) electrons. The Labute approximate surface area is 218 Å². The number of hydrogen-bond donors (Lipinski definition) is 1. The average molecular weight is 498 g/mol. The number of nitrogens with zero attached hydrogens (tertiary/aromatic N) is 2. The van der Waals surface area contributed by atoms with Crippen LogP contribution in [0.5, 0.6) is 11.5 Å². The molecule has 37 heavy (non-hydrogen) atoms. The molecule has 1 amide bonds. The minimum Gasteiger partial charge on any atom is -0.493 e. The smallest absolute Gasteiger partial charge is 0.225 e. The van der Waals surface area contributed by atoms with Gasteiger partial charge in [0, 0.05) is 6.54 Å². The number of aryl methyl sites for hydroxylation is 2. The fourth-order valence-electron chi connectivity index (χ4n) is 4.53. The summed E-state index contributed by atoms with van der Waals surface area (Å²) < 4.78 is 13.8. The standard InChI is InChI=1S/C31H35N3O3/c1-5-11-24-16-17-28(29(20-24)36-4)37-19-10-18-34-27-15-9-8-14-26(27)33-31(34)23(3)32-30(35)21-25-13-7-6-12-22(25)2/h5-9,12-17,20,23H,1,10-11,18-19,21H2,2-4H3,(H,32,35). The van der Waals surface area contributed by atoms with E-state index in [9.17, 15) is 4.79 Å². The molecule has 0 saturated heterocycles. The van der Waals surface area contributed by atoms with E-state index < -0.39 is 0 Å². The number of methoxy groups -OCH3 is 1. The van der Waals surface area contributed by atoms with Gasteiger partial charge in [0.05, 0.1) is 37.2 Å². The first kappa shape index (κ1) is 26.0. The van der Waals surface area contributed by atoms with E-state index >= 15 is 0 Å². The highest BCUT2D eigenvalue weighted by Crippen LogP contribution is 2.29. The average Bonchev–Trinajstić information content (AvgIpc) is 3.27. The summed E-state index contributed by atoms with van der Waals surface area (Å²) in [5.74, 6) is 2.27. The minimum atomic E-state index is -0.234. The summed E-state index contributed by atoms with van der Waals surface area (Å²) in [5.41, 5.74) is 5.24. The van der Waals surface area contributed by atoms with E-state index in [-0.39, 0.29) is 11.9 Å². The molecular weight excluding hydrogens is 462 g/mol. The van der Waals surface area contributed by atoms with Crippen molar-refractivity contribution in [3.8, 4) is 11.5 Å². The molecule has 1 atom stereocenters. The Kier molecular flexibility index (Phi) is 8.62. The zero-order valence-electron chi connectivity index (χ0n) is 21.9. The molecule has 3 aromatic carbocycles. The Morgan fingerprint density at radius 2 is 1.89 bits per heavy atom. The number of allylic oxidation sites excluding steroid dienone is 1. The molecule has 0 aliphatic rings. The molecule has 1 heterocycles. The Morgan fingerprint density at radius 3 is 2.68 bits per heavy atom. The van der Waals surface area contributed by atoms with E-state index in [1.54, 1.807) is 7.11 Å². The highest BCUT2D eigenvalue weighted by atomic mass is 16.5. The first-order valence-corrected chi connectivity index (χ1v) is 12.7. The molecule has 1 aromatic heterocycles. The fraction of sp³-hybridized carbons (Fsp3) is 0.290. The number of nitrogens with one attached hydrogen (secondary N) is 1. The molecule has 0 aliphatic heterocycles. The third-order valence-electron chi connectivity index (χ3n) is 6.45. The molecule has 0 spiro atoms. The molecule has 6 nitrogen and oxygen atoms in total. The summed E-state index contributed by atoms with van der Waals surface area (Å²) in [4.78, 5) is 17.7. The van der Waals surface area contributed by atoms with Crippen molar-refractivity contribution in [3.63, 3.8) is 0 Å². The fourth-order valence-corrected chi connectivity index (χ4v) is 4.53. The van der Waals surface area contributed by atoms with Crippen molar-refractivity contribution in [1.82, 2.24) is 14.9 Å². The van der Waals surface area contributed by atoms with Crippen LogP contribution >= 0.6 is 0 Å². The molecule has 0 saturated carbocycles. The van der Waals surface area contributed by atoms with Gasteiger partial charge in [-0.15, -0.1) is 6.58 Å². The van der Waals surface area contributed by atoms with E-state index in [0.29, 0.717) is 19.6 Å². The van der Waals surface area contributed by atoms with Gasteiger partial charge in [0.15, 0.2) is 11.5 Å². The number of para-hydroxylation sites is 2. The van der Waals surface area contributed by atoms with Gasteiger partial charge in [-0.1, -0.05) is 48.5 Å². The number of carbonyl (C=O) groups is 1. The van der Waals surface area contributed by atoms with Gasteiger partial charge >= 0.3 is 0 Å². The van der Waals surface area contributed by atoms with Gasteiger partial charge in [-0.2, -0.15) is 0 Å². The second-order valence-electron chi connectivity index (χ2n) is 9.18. The van der Waals surface area contributed by atoms with E-state index in [1.807, 2.05) is 80.6 Å². The number of carbonyl (C=O) groups excluding carboxylic acids is 1. The van der Waals surface area contributed by atoms with E-state index in [2.05, 4.69) is 22.5 Å². The zero-order chi connectivity index (χ0) is 26.2. The van der Waals surface area contributed by atoms with E-state index in [0.717, 1.165) is 57.9 Å². The topological polar surface area (TPSA) is 65.4 Å². The quantitative estimate of drug-likeness (QED) is 0.193. The monoisotopic (exact) mass is 497 g/mol. The Hall–Kier alpha value is -4.06. The number of fused-ring (bicyclic) bond motifs is 1. The molecule has 192 valence electrons. The predicted molar refractivity (Wildman–Crippen MR) is 148 cm³/mol. The van der Waals surface area contributed by atoms with Crippen LogP contribution in [0.1, 0.15) is 41.9 Å². The van der Waals surface area contributed by atoms with Crippen molar-refractivity contribution in [2.24, 2.45) is 0 Å². The third-order valence-corrected chi connectivity index (χ3v) is 6.45. The molecule has 4 aromatic rings. The number of benzene rings is 3. The van der Waals surface area contributed by atoms with Crippen LogP contribution in [0.25, 0.3) is 11.0 Å². The minimum absolute atomic E-state index is 0.0178. The van der Waals surface area contributed by atoms with Gasteiger partial charge in [-0.05, 0) is 67.6 Å². The molecule has 4 rings (SSSR count).